The van der Waals surface area contributed by atoms with Gasteiger partial charge >= 0.3 is 12.0 Å². The van der Waals surface area contributed by atoms with Gasteiger partial charge in [-0.1, -0.05) is 12.1 Å². The zero-order valence-electron chi connectivity index (χ0n) is 14.3. The zero-order chi connectivity index (χ0) is 18.5. The number of ether oxygens (including phenoxy) is 1. The van der Waals surface area contributed by atoms with E-state index < -0.39 is 40.4 Å². The molecule has 24 heavy (non-hydrogen) atoms. The van der Waals surface area contributed by atoms with E-state index >= 15 is 0 Å². The van der Waals surface area contributed by atoms with E-state index in [1.165, 1.54) is 19.2 Å². The molecule has 3 amide bonds. The molecule has 0 spiro atoms. The van der Waals surface area contributed by atoms with Crippen LogP contribution in [-0.4, -0.2) is 40.0 Å². The molecular formula is C16H22N2O5S. The summed E-state index contributed by atoms with van der Waals surface area (Å²) in [6.45, 7) is 6.65. The normalized spacial score (nSPS) is 13.5. The summed E-state index contributed by atoms with van der Waals surface area (Å²) in [4.78, 5) is 36.0. The fourth-order valence-electron chi connectivity index (χ4n) is 1.75. The number of rotatable bonds is 4. The number of amides is 3. The molecule has 1 rings (SSSR count). The van der Waals surface area contributed by atoms with Gasteiger partial charge in [0.2, 0.25) is 0 Å². The van der Waals surface area contributed by atoms with Crippen molar-refractivity contribution in [3.05, 3.63) is 29.8 Å². The van der Waals surface area contributed by atoms with Crippen LogP contribution in [0.1, 0.15) is 38.1 Å². The molecule has 2 atom stereocenters. The predicted octanol–water partition coefficient (Wildman–Crippen LogP) is 1.59. The van der Waals surface area contributed by atoms with Crippen LogP contribution in [0.2, 0.25) is 0 Å². The molecule has 0 aliphatic rings. The lowest BCUT2D eigenvalue weighted by atomic mass is 10.1. The second kappa shape index (κ2) is 8.05. The Hall–Kier alpha value is -2.22. The van der Waals surface area contributed by atoms with Crippen LogP contribution < -0.4 is 10.6 Å². The summed E-state index contributed by atoms with van der Waals surface area (Å²) < 4.78 is 16.7. The maximum absolute atomic E-state index is 12.2. The number of esters is 1. The fraction of sp³-hybridized carbons (Fsp3) is 0.438. The average molecular weight is 354 g/mol. The van der Waals surface area contributed by atoms with Crippen LogP contribution >= 0.6 is 0 Å². The van der Waals surface area contributed by atoms with Gasteiger partial charge < -0.3 is 10.1 Å². The highest BCUT2D eigenvalue weighted by Crippen LogP contribution is 2.14. The molecule has 0 bridgehead atoms. The zero-order valence-corrected chi connectivity index (χ0v) is 15.2. The quantitative estimate of drug-likeness (QED) is 0.800. The van der Waals surface area contributed by atoms with Crippen LogP contribution in [0.15, 0.2) is 29.2 Å². The van der Waals surface area contributed by atoms with Gasteiger partial charge in [-0.15, -0.1) is 0 Å². The molecule has 2 N–H and O–H groups in total. The van der Waals surface area contributed by atoms with Crippen molar-refractivity contribution in [3.63, 3.8) is 0 Å². The van der Waals surface area contributed by atoms with Gasteiger partial charge in [-0.25, -0.2) is 9.59 Å². The molecule has 1 aromatic rings. The molecule has 0 heterocycles. The summed E-state index contributed by atoms with van der Waals surface area (Å²) in [5, 5.41) is 4.67. The third-order valence-electron chi connectivity index (χ3n) is 2.79. The lowest BCUT2D eigenvalue weighted by molar-refractivity contribution is -0.127. The van der Waals surface area contributed by atoms with Crippen molar-refractivity contribution in [1.82, 2.24) is 10.6 Å². The Morgan fingerprint density at radius 2 is 1.75 bits per heavy atom. The van der Waals surface area contributed by atoms with Crippen molar-refractivity contribution < 1.29 is 23.3 Å². The van der Waals surface area contributed by atoms with Crippen LogP contribution in [0.3, 0.4) is 0 Å². The standard InChI is InChI=1S/C16H22N2O5S/c1-10(13(19)17-15(21)18-16(2,3)4)23-14(20)11-8-6-7-9-12(11)24(5)22/h6-10H,1-5H3,(H2,17,18,19,21)/t10-,24-/m1/s1. The first-order valence-electron chi connectivity index (χ1n) is 7.27. The molecule has 8 heteroatoms. The maximum Gasteiger partial charge on any atom is 0.340 e. The number of carbonyl (C=O) groups is 3. The second-order valence-electron chi connectivity index (χ2n) is 6.19. The highest BCUT2D eigenvalue weighted by atomic mass is 32.2. The Kier molecular flexibility index (Phi) is 6.65. The minimum atomic E-state index is -1.37. The van der Waals surface area contributed by atoms with Crippen molar-refractivity contribution in [2.75, 3.05) is 6.26 Å². The van der Waals surface area contributed by atoms with Gasteiger partial charge in [-0.2, -0.15) is 0 Å². The van der Waals surface area contributed by atoms with E-state index in [-0.39, 0.29) is 5.56 Å². The topological polar surface area (TPSA) is 102 Å². The van der Waals surface area contributed by atoms with E-state index in [9.17, 15) is 18.6 Å². The number of carbonyl (C=O) groups excluding carboxylic acids is 3. The monoisotopic (exact) mass is 354 g/mol. The average Bonchev–Trinajstić information content (AvgIpc) is 2.44. The highest BCUT2D eigenvalue weighted by Gasteiger charge is 2.24. The molecule has 0 saturated heterocycles. The molecule has 0 saturated carbocycles. The highest BCUT2D eigenvalue weighted by molar-refractivity contribution is 7.84. The minimum absolute atomic E-state index is 0.122. The smallest absolute Gasteiger partial charge is 0.340 e. The third-order valence-corrected chi connectivity index (χ3v) is 3.77. The number of urea groups is 1. The van der Waals surface area contributed by atoms with Crippen molar-refractivity contribution >= 4 is 28.7 Å². The minimum Gasteiger partial charge on any atom is -0.449 e. The number of benzene rings is 1. The van der Waals surface area contributed by atoms with Gasteiger partial charge in [0.15, 0.2) is 6.10 Å². The van der Waals surface area contributed by atoms with Crippen molar-refractivity contribution in [2.24, 2.45) is 0 Å². The Labute approximate surface area is 143 Å². The number of imide groups is 1. The molecule has 7 nitrogen and oxygen atoms in total. The van der Waals surface area contributed by atoms with E-state index in [0.717, 1.165) is 0 Å². The number of nitrogens with one attached hydrogen (secondary N) is 2. The van der Waals surface area contributed by atoms with Crippen LogP contribution in [0, 0.1) is 0 Å². The van der Waals surface area contributed by atoms with Crippen LogP contribution in [0.25, 0.3) is 0 Å². The van der Waals surface area contributed by atoms with Crippen LogP contribution in [0.4, 0.5) is 4.79 Å². The van der Waals surface area contributed by atoms with E-state index in [1.54, 1.807) is 39.0 Å². The molecule has 0 aliphatic carbocycles. The molecule has 0 radical (unpaired) electrons. The lowest BCUT2D eigenvalue weighted by Gasteiger charge is -2.21. The molecule has 0 fully saturated rings. The number of hydrogen-bond donors (Lipinski definition) is 2. The van der Waals surface area contributed by atoms with Crippen molar-refractivity contribution in [1.29, 1.82) is 0 Å². The molecule has 0 aliphatic heterocycles. The van der Waals surface area contributed by atoms with Gasteiger partial charge in [0, 0.05) is 11.8 Å². The van der Waals surface area contributed by atoms with E-state index in [0.29, 0.717) is 4.90 Å². The summed E-state index contributed by atoms with van der Waals surface area (Å²) in [7, 11) is -1.37. The predicted molar refractivity (Wildman–Crippen MR) is 90.1 cm³/mol. The largest absolute Gasteiger partial charge is 0.449 e. The molecule has 132 valence electrons. The Balaban J connectivity index is 2.72. The van der Waals surface area contributed by atoms with Gasteiger partial charge in [0.05, 0.1) is 21.3 Å². The van der Waals surface area contributed by atoms with Crippen LogP contribution in [-0.2, 0) is 20.3 Å². The van der Waals surface area contributed by atoms with E-state index in [2.05, 4.69) is 10.6 Å². The fourth-order valence-corrected chi connectivity index (χ4v) is 2.48. The first kappa shape index (κ1) is 19.8. The molecular weight excluding hydrogens is 332 g/mol. The lowest BCUT2D eigenvalue weighted by Crippen LogP contribution is -2.50. The van der Waals surface area contributed by atoms with Crippen molar-refractivity contribution in [3.8, 4) is 0 Å². The van der Waals surface area contributed by atoms with Gasteiger partial charge in [-0.3, -0.25) is 14.3 Å². The Morgan fingerprint density at radius 1 is 1.17 bits per heavy atom. The molecule has 0 unspecified atom stereocenters. The van der Waals surface area contributed by atoms with E-state index in [1.807, 2.05) is 0 Å². The second-order valence-corrected chi connectivity index (χ2v) is 7.54. The summed E-state index contributed by atoms with van der Waals surface area (Å²) >= 11 is 0. The Bertz CT molecular complexity index is 667. The maximum atomic E-state index is 12.2. The summed E-state index contributed by atoms with van der Waals surface area (Å²) in [6.07, 6.45) is 0.264. The van der Waals surface area contributed by atoms with Gasteiger partial charge in [0.1, 0.15) is 0 Å². The van der Waals surface area contributed by atoms with Crippen LogP contribution in [0.5, 0.6) is 0 Å². The summed E-state index contributed by atoms with van der Waals surface area (Å²) in [5.74, 6) is -1.53. The van der Waals surface area contributed by atoms with E-state index in [4.69, 9.17) is 4.74 Å². The third kappa shape index (κ3) is 6.11. The SMILES string of the molecule is C[C@@H](OC(=O)c1ccccc1[S@@](C)=O)C(=O)NC(=O)NC(C)(C)C. The first-order chi connectivity index (χ1) is 11.0. The van der Waals surface area contributed by atoms with Gasteiger partial charge in [0.25, 0.3) is 5.91 Å². The van der Waals surface area contributed by atoms with Gasteiger partial charge in [-0.05, 0) is 39.8 Å². The van der Waals surface area contributed by atoms with Crippen molar-refractivity contribution in [2.45, 2.75) is 44.2 Å². The summed E-state index contributed by atoms with van der Waals surface area (Å²) in [5.41, 5.74) is -0.383. The number of hydrogen-bond acceptors (Lipinski definition) is 5. The summed E-state index contributed by atoms with van der Waals surface area (Å²) in [6, 6.07) is 5.60. The molecule has 0 aromatic heterocycles. The molecule has 1 aromatic carbocycles. The first-order valence-corrected chi connectivity index (χ1v) is 8.83. The Morgan fingerprint density at radius 3 is 2.29 bits per heavy atom.